The second-order valence-corrected chi connectivity index (χ2v) is 6.12. The van der Waals surface area contributed by atoms with Gasteiger partial charge in [0.1, 0.15) is 5.75 Å². The monoisotopic (exact) mass is 349 g/mol. The zero-order valence-electron chi connectivity index (χ0n) is 15.0. The Balaban J connectivity index is 1.61. The summed E-state index contributed by atoms with van der Waals surface area (Å²) in [5, 5.41) is 5.75. The standard InChI is InChI=1S/C21H23N3O2/c1-16-10-11-20(26-2)19(13-16)23-21(25)22-14-18-9-6-12-24(18)15-17-7-4-3-5-8-17/h3-13H,14-15H2,1-2H3,(H2,22,23,25). The lowest BCUT2D eigenvalue weighted by molar-refractivity contribution is 0.251. The van der Waals surface area contributed by atoms with E-state index in [1.165, 1.54) is 5.56 Å². The van der Waals surface area contributed by atoms with E-state index in [1.807, 2.05) is 61.7 Å². The van der Waals surface area contributed by atoms with Gasteiger partial charge in [0, 0.05) is 18.4 Å². The van der Waals surface area contributed by atoms with Crippen LogP contribution >= 0.6 is 0 Å². The Labute approximate surface area is 153 Å². The molecule has 0 aliphatic carbocycles. The summed E-state index contributed by atoms with van der Waals surface area (Å²) >= 11 is 0. The third-order valence-electron chi connectivity index (χ3n) is 4.15. The molecule has 0 radical (unpaired) electrons. The van der Waals surface area contributed by atoms with Crippen molar-refractivity contribution in [1.29, 1.82) is 0 Å². The summed E-state index contributed by atoms with van der Waals surface area (Å²) in [5.41, 5.74) is 3.97. The van der Waals surface area contributed by atoms with E-state index in [4.69, 9.17) is 4.74 Å². The zero-order valence-corrected chi connectivity index (χ0v) is 15.0. The van der Waals surface area contributed by atoms with Gasteiger partial charge >= 0.3 is 6.03 Å². The predicted molar refractivity (Wildman–Crippen MR) is 104 cm³/mol. The topological polar surface area (TPSA) is 55.3 Å². The lowest BCUT2D eigenvalue weighted by Gasteiger charge is -2.13. The molecule has 2 amide bonds. The number of ether oxygens (including phenoxy) is 1. The highest BCUT2D eigenvalue weighted by atomic mass is 16.5. The number of hydrogen-bond acceptors (Lipinski definition) is 2. The number of amides is 2. The molecule has 3 rings (SSSR count). The van der Waals surface area contributed by atoms with E-state index >= 15 is 0 Å². The van der Waals surface area contributed by atoms with Crippen molar-refractivity contribution in [2.75, 3.05) is 12.4 Å². The molecule has 0 bridgehead atoms. The minimum atomic E-state index is -0.263. The molecule has 5 heteroatoms. The maximum Gasteiger partial charge on any atom is 0.319 e. The highest BCUT2D eigenvalue weighted by molar-refractivity contribution is 5.91. The normalized spacial score (nSPS) is 10.4. The largest absolute Gasteiger partial charge is 0.495 e. The summed E-state index contributed by atoms with van der Waals surface area (Å²) in [5.74, 6) is 0.637. The van der Waals surface area contributed by atoms with Crippen LogP contribution in [0.3, 0.4) is 0 Å². The van der Waals surface area contributed by atoms with Crippen LogP contribution in [0.2, 0.25) is 0 Å². The van der Waals surface area contributed by atoms with Crippen molar-refractivity contribution >= 4 is 11.7 Å². The zero-order chi connectivity index (χ0) is 18.4. The summed E-state index contributed by atoms with van der Waals surface area (Å²) in [6, 6.07) is 19.6. The highest BCUT2D eigenvalue weighted by Crippen LogP contribution is 2.25. The van der Waals surface area contributed by atoms with Gasteiger partial charge in [0.25, 0.3) is 0 Å². The van der Waals surface area contributed by atoms with E-state index in [0.29, 0.717) is 18.0 Å². The molecule has 0 fully saturated rings. The fraction of sp³-hybridized carbons (Fsp3) is 0.190. The number of benzene rings is 2. The van der Waals surface area contributed by atoms with Gasteiger partial charge in [-0.25, -0.2) is 4.79 Å². The smallest absolute Gasteiger partial charge is 0.319 e. The molecule has 5 nitrogen and oxygen atoms in total. The Morgan fingerprint density at radius 1 is 1.08 bits per heavy atom. The first kappa shape index (κ1) is 17.6. The van der Waals surface area contributed by atoms with Gasteiger partial charge < -0.3 is 19.9 Å². The number of aryl methyl sites for hydroxylation is 1. The van der Waals surface area contributed by atoms with Gasteiger partial charge in [-0.3, -0.25) is 0 Å². The number of methoxy groups -OCH3 is 1. The number of anilines is 1. The summed E-state index contributed by atoms with van der Waals surface area (Å²) in [4.78, 5) is 12.3. The molecule has 26 heavy (non-hydrogen) atoms. The van der Waals surface area contributed by atoms with Crippen LogP contribution in [-0.2, 0) is 13.1 Å². The number of nitrogens with one attached hydrogen (secondary N) is 2. The van der Waals surface area contributed by atoms with Crippen LogP contribution in [0.1, 0.15) is 16.8 Å². The van der Waals surface area contributed by atoms with Crippen LogP contribution in [0.5, 0.6) is 5.75 Å². The quantitative estimate of drug-likeness (QED) is 0.701. The average molecular weight is 349 g/mol. The van der Waals surface area contributed by atoms with Crippen molar-refractivity contribution in [2.45, 2.75) is 20.0 Å². The summed E-state index contributed by atoms with van der Waals surface area (Å²) in [7, 11) is 1.59. The Hall–Kier alpha value is -3.21. The van der Waals surface area contributed by atoms with Crippen LogP contribution in [0.15, 0.2) is 66.9 Å². The van der Waals surface area contributed by atoms with E-state index < -0.39 is 0 Å². The van der Waals surface area contributed by atoms with E-state index in [1.54, 1.807) is 7.11 Å². The fourth-order valence-corrected chi connectivity index (χ4v) is 2.80. The molecule has 0 aliphatic rings. The number of nitrogens with zero attached hydrogens (tertiary/aromatic N) is 1. The van der Waals surface area contributed by atoms with E-state index in [2.05, 4.69) is 27.3 Å². The van der Waals surface area contributed by atoms with Crippen molar-refractivity contribution < 1.29 is 9.53 Å². The van der Waals surface area contributed by atoms with Crippen molar-refractivity contribution in [1.82, 2.24) is 9.88 Å². The highest BCUT2D eigenvalue weighted by Gasteiger charge is 2.09. The van der Waals surface area contributed by atoms with E-state index in [-0.39, 0.29) is 6.03 Å². The molecule has 1 heterocycles. The molecular formula is C21H23N3O2. The molecule has 134 valence electrons. The molecule has 0 unspecified atom stereocenters. The third-order valence-corrected chi connectivity index (χ3v) is 4.15. The fourth-order valence-electron chi connectivity index (χ4n) is 2.80. The van der Waals surface area contributed by atoms with Crippen LogP contribution in [-0.4, -0.2) is 17.7 Å². The SMILES string of the molecule is COc1ccc(C)cc1NC(=O)NCc1cccn1Cc1ccccc1. The number of hydrogen-bond donors (Lipinski definition) is 2. The number of urea groups is 1. The lowest BCUT2D eigenvalue weighted by atomic mass is 10.2. The van der Waals surface area contributed by atoms with Gasteiger partial charge in [-0.2, -0.15) is 0 Å². The summed E-state index contributed by atoms with van der Waals surface area (Å²) < 4.78 is 7.42. The molecule has 0 saturated heterocycles. The van der Waals surface area contributed by atoms with E-state index in [9.17, 15) is 4.79 Å². The maximum atomic E-state index is 12.3. The Kier molecular flexibility index (Phi) is 5.59. The molecule has 3 aromatic rings. The lowest BCUT2D eigenvalue weighted by Crippen LogP contribution is -2.29. The Morgan fingerprint density at radius 2 is 1.88 bits per heavy atom. The molecule has 0 spiro atoms. The third kappa shape index (κ3) is 4.45. The van der Waals surface area contributed by atoms with Crippen LogP contribution in [0.25, 0.3) is 0 Å². The van der Waals surface area contributed by atoms with Gasteiger partial charge in [0.15, 0.2) is 0 Å². The first-order valence-electron chi connectivity index (χ1n) is 8.53. The van der Waals surface area contributed by atoms with Crippen molar-refractivity contribution in [3.05, 3.63) is 83.7 Å². The second kappa shape index (κ2) is 8.25. The van der Waals surface area contributed by atoms with Crippen molar-refractivity contribution in [3.63, 3.8) is 0 Å². The molecule has 1 aromatic heterocycles. The number of carbonyl (C=O) groups is 1. The van der Waals surface area contributed by atoms with Gasteiger partial charge in [0.05, 0.1) is 19.3 Å². The van der Waals surface area contributed by atoms with Gasteiger partial charge in [-0.05, 0) is 42.3 Å². The molecule has 2 aromatic carbocycles. The molecule has 0 saturated carbocycles. The molecule has 0 atom stereocenters. The van der Waals surface area contributed by atoms with E-state index in [0.717, 1.165) is 17.8 Å². The van der Waals surface area contributed by atoms with Crippen LogP contribution in [0, 0.1) is 6.92 Å². The van der Waals surface area contributed by atoms with Gasteiger partial charge in [-0.15, -0.1) is 0 Å². The Morgan fingerprint density at radius 3 is 2.65 bits per heavy atom. The predicted octanol–water partition coefficient (Wildman–Crippen LogP) is 4.18. The average Bonchev–Trinajstić information content (AvgIpc) is 3.08. The summed E-state index contributed by atoms with van der Waals surface area (Å²) in [6.07, 6.45) is 2.02. The number of carbonyl (C=O) groups excluding carboxylic acids is 1. The minimum absolute atomic E-state index is 0.263. The maximum absolute atomic E-state index is 12.3. The van der Waals surface area contributed by atoms with Crippen molar-refractivity contribution in [3.8, 4) is 5.75 Å². The van der Waals surface area contributed by atoms with Crippen LogP contribution in [0.4, 0.5) is 10.5 Å². The number of rotatable bonds is 6. The molecule has 0 aliphatic heterocycles. The summed E-state index contributed by atoms with van der Waals surface area (Å²) in [6.45, 7) is 3.19. The first-order valence-corrected chi connectivity index (χ1v) is 8.53. The second-order valence-electron chi connectivity index (χ2n) is 6.12. The molecular weight excluding hydrogens is 326 g/mol. The Bertz CT molecular complexity index is 872. The van der Waals surface area contributed by atoms with Gasteiger partial charge in [-0.1, -0.05) is 36.4 Å². The minimum Gasteiger partial charge on any atom is -0.495 e. The van der Waals surface area contributed by atoms with Crippen molar-refractivity contribution in [2.24, 2.45) is 0 Å². The molecule has 2 N–H and O–H groups in total. The van der Waals surface area contributed by atoms with Gasteiger partial charge in [0.2, 0.25) is 0 Å². The van der Waals surface area contributed by atoms with Crippen LogP contribution < -0.4 is 15.4 Å². The number of aromatic nitrogens is 1. The first-order chi connectivity index (χ1) is 12.7.